The van der Waals surface area contributed by atoms with Gasteiger partial charge in [-0.15, -0.1) is 10.2 Å². The second kappa shape index (κ2) is 6.48. The predicted octanol–water partition coefficient (Wildman–Crippen LogP) is 2.80. The van der Waals surface area contributed by atoms with E-state index in [0.29, 0.717) is 18.4 Å². The second-order valence-electron chi connectivity index (χ2n) is 8.83. The van der Waals surface area contributed by atoms with Gasteiger partial charge in [0.05, 0.1) is 17.4 Å². The molecule has 1 amide bonds. The van der Waals surface area contributed by atoms with Gasteiger partial charge in [0.15, 0.2) is 0 Å². The van der Waals surface area contributed by atoms with Crippen LogP contribution in [0.2, 0.25) is 0 Å². The summed E-state index contributed by atoms with van der Waals surface area (Å²) in [5.41, 5.74) is 3.80. The molecular weight excluding hydrogens is 383 g/mol. The van der Waals surface area contributed by atoms with E-state index in [-0.39, 0.29) is 23.7 Å². The number of carbonyl (C=O) groups is 1. The Labute approximate surface area is 173 Å². The van der Waals surface area contributed by atoms with Crippen molar-refractivity contribution in [2.45, 2.75) is 31.7 Å². The number of hydrogen-bond donors (Lipinski definition) is 0. The number of fused-ring (bicyclic) bond motifs is 2. The highest BCUT2D eigenvalue weighted by molar-refractivity contribution is 5.75. The summed E-state index contributed by atoms with van der Waals surface area (Å²) in [6.45, 7) is 3.94. The molecule has 0 N–H and O–H groups in total. The molecule has 0 unspecified atom stereocenters. The summed E-state index contributed by atoms with van der Waals surface area (Å²) in [4.78, 5) is 16.6. The Morgan fingerprint density at radius 2 is 2.03 bits per heavy atom. The molecule has 0 bridgehead atoms. The van der Waals surface area contributed by atoms with E-state index < -0.39 is 0 Å². The maximum Gasteiger partial charge on any atom is 0.219 e. The second-order valence-corrected chi connectivity index (χ2v) is 8.83. The first-order valence-corrected chi connectivity index (χ1v) is 10.6. The Balaban J connectivity index is 1.37. The topological polar surface area (TPSA) is 66.6 Å². The van der Waals surface area contributed by atoms with E-state index in [2.05, 4.69) is 26.3 Å². The molecule has 1 saturated carbocycles. The van der Waals surface area contributed by atoms with Crippen LogP contribution in [0.3, 0.4) is 0 Å². The first-order valence-electron chi connectivity index (χ1n) is 10.6. The number of aromatic nitrogens is 4. The normalized spacial score (nSPS) is 25.9. The zero-order valence-corrected chi connectivity index (χ0v) is 16.8. The van der Waals surface area contributed by atoms with Gasteiger partial charge in [-0.05, 0) is 36.6 Å². The van der Waals surface area contributed by atoms with Gasteiger partial charge in [0.25, 0.3) is 0 Å². The lowest BCUT2D eigenvalue weighted by molar-refractivity contribution is -0.130. The Morgan fingerprint density at radius 3 is 2.80 bits per heavy atom. The highest BCUT2D eigenvalue weighted by Crippen LogP contribution is 2.47. The number of carbonyl (C=O) groups excluding carboxylic acids is 1. The van der Waals surface area contributed by atoms with Crippen LogP contribution in [0.1, 0.15) is 43.0 Å². The number of nitrogens with zero attached hydrogens (tertiary/aromatic N) is 6. The standard InChI is InChI=1S/C22H23FN6O/c1-13(30)28-10-16-9-27(11-18(16)21(28)15-3-2-4-17(23)7-15)20-8-19(14-5-6-14)26-29-12-24-25-22(20)29/h2-4,7-8,12,14,16,18,21H,5-6,9-11H2,1H3/t16-,18-,21-/m1/s1. The average molecular weight is 406 g/mol. The Kier molecular flexibility index (Phi) is 3.85. The van der Waals surface area contributed by atoms with Crippen molar-refractivity contribution in [3.63, 3.8) is 0 Å². The highest BCUT2D eigenvalue weighted by atomic mass is 19.1. The number of likely N-dealkylation sites (tertiary alicyclic amines) is 1. The average Bonchev–Trinajstić information content (AvgIpc) is 3.16. The summed E-state index contributed by atoms with van der Waals surface area (Å²) < 4.78 is 15.7. The highest BCUT2D eigenvalue weighted by Gasteiger charge is 2.49. The minimum atomic E-state index is -0.261. The van der Waals surface area contributed by atoms with Crippen molar-refractivity contribution in [1.82, 2.24) is 24.7 Å². The first kappa shape index (κ1) is 17.8. The zero-order chi connectivity index (χ0) is 20.4. The van der Waals surface area contributed by atoms with Crippen LogP contribution in [0.25, 0.3) is 5.65 Å². The molecule has 2 saturated heterocycles. The molecule has 3 atom stereocenters. The van der Waals surface area contributed by atoms with Crippen LogP contribution < -0.4 is 4.90 Å². The minimum Gasteiger partial charge on any atom is -0.368 e. The van der Waals surface area contributed by atoms with E-state index in [0.717, 1.165) is 35.7 Å². The summed E-state index contributed by atoms with van der Waals surface area (Å²) in [6.07, 6.45) is 4.02. The van der Waals surface area contributed by atoms with Crippen molar-refractivity contribution in [3.05, 3.63) is 53.7 Å². The van der Waals surface area contributed by atoms with Gasteiger partial charge in [-0.25, -0.2) is 4.39 Å². The van der Waals surface area contributed by atoms with E-state index in [4.69, 9.17) is 0 Å². The van der Waals surface area contributed by atoms with Gasteiger partial charge in [-0.3, -0.25) is 4.79 Å². The van der Waals surface area contributed by atoms with E-state index in [9.17, 15) is 9.18 Å². The number of hydrogen-bond acceptors (Lipinski definition) is 5. The maximum absolute atomic E-state index is 14.0. The Hall–Kier alpha value is -3.03. The smallest absolute Gasteiger partial charge is 0.219 e. The lowest BCUT2D eigenvalue weighted by atomic mass is 9.89. The van der Waals surface area contributed by atoms with Gasteiger partial charge < -0.3 is 9.80 Å². The molecule has 0 radical (unpaired) electrons. The molecule has 30 heavy (non-hydrogen) atoms. The monoisotopic (exact) mass is 406 g/mol. The first-order chi connectivity index (χ1) is 14.6. The van der Waals surface area contributed by atoms with Crippen LogP contribution in [0, 0.1) is 17.7 Å². The largest absolute Gasteiger partial charge is 0.368 e. The number of anilines is 1. The predicted molar refractivity (Wildman–Crippen MR) is 108 cm³/mol. The van der Waals surface area contributed by atoms with E-state index in [1.165, 1.54) is 18.9 Å². The van der Waals surface area contributed by atoms with Gasteiger partial charge >= 0.3 is 0 Å². The minimum absolute atomic E-state index is 0.0463. The summed E-state index contributed by atoms with van der Waals surface area (Å²) >= 11 is 0. The van der Waals surface area contributed by atoms with Crippen molar-refractivity contribution in [3.8, 4) is 0 Å². The summed E-state index contributed by atoms with van der Waals surface area (Å²) in [6, 6.07) is 8.75. The Bertz CT molecular complexity index is 1140. The molecule has 0 spiro atoms. The van der Waals surface area contributed by atoms with Crippen LogP contribution in [-0.4, -0.2) is 50.3 Å². The summed E-state index contributed by atoms with van der Waals surface area (Å²) in [5, 5.41) is 13.0. The molecule has 1 aliphatic carbocycles. The lowest BCUT2D eigenvalue weighted by Gasteiger charge is -2.30. The molecule has 2 aliphatic heterocycles. The summed E-state index contributed by atoms with van der Waals surface area (Å²) in [5.74, 6) is 0.900. The number of amides is 1. The van der Waals surface area contributed by atoms with Gasteiger partial charge in [-0.2, -0.15) is 9.61 Å². The fourth-order valence-corrected chi connectivity index (χ4v) is 5.32. The number of rotatable bonds is 3. The van der Waals surface area contributed by atoms with E-state index in [1.807, 2.05) is 11.0 Å². The number of benzene rings is 1. The molecule has 7 nitrogen and oxygen atoms in total. The van der Waals surface area contributed by atoms with E-state index in [1.54, 1.807) is 29.9 Å². The molecule has 6 rings (SSSR count). The van der Waals surface area contributed by atoms with Crippen LogP contribution in [0.4, 0.5) is 10.1 Å². The fraction of sp³-hybridized carbons (Fsp3) is 0.455. The van der Waals surface area contributed by atoms with Crippen LogP contribution in [-0.2, 0) is 4.79 Å². The van der Waals surface area contributed by atoms with Crippen LogP contribution in [0.15, 0.2) is 36.7 Å². The quantitative estimate of drug-likeness (QED) is 0.669. The maximum atomic E-state index is 14.0. The van der Waals surface area contributed by atoms with Crippen LogP contribution in [0.5, 0.6) is 0 Å². The SMILES string of the molecule is CC(=O)N1C[C@H]2CN(c3cc(C4CC4)nn4cnnc34)C[C@H]2[C@H]1c1cccc(F)c1. The van der Waals surface area contributed by atoms with E-state index >= 15 is 0 Å². The van der Waals surface area contributed by atoms with Gasteiger partial charge in [0.1, 0.15) is 12.1 Å². The van der Waals surface area contributed by atoms with Gasteiger partial charge in [-0.1, -0.05) is 12.1 Å². The van der Waals surface area contributed by atoms with Crippen molar-refractivity contribution >= 4 is 17.2 Å². The van der Waals surface area contributed by atoms with Crippen molar-refractivity contribution in [1.29, 1.82) is 0 Å². The van der Waals surface area contributed by atoms with Gasteiger partial charge in [0, 0.05) is 44.3 Å². The third-order valence-corrected chi connectivity index (χ3v) is 6.86. The Morgan fingerprint density at radius 1 is 1.17 bits per heavy atom. The van der Waals surface area contributed by atoms with Crippen molar-refractivity contribution < 1.29 is 9.18 Å². The molecule has 3 aliphatic rings. The lowest BCUT2D eigenvalue weighted by Crippen LogP contribution is -2.34. The molecular formula is C22H23FN6O. The fourth-order valence-electron chi connectivity index (χ4n) is 5.32. The third-order valence-electron chi connectivity index (χ3n) is 6.86. The van der Waals surface area contributed by atoms with Gasteiger partial charge in [0.2, 0.25) is 11.6 Å². The molecule has 154 valence electrons. The molecule has 4 heterocycles. The summed E-state index contributed by atoms with van der Waals surface area (Å²) in [7, 11) is 0. The zero-order valence-electron chi connectivity index (χ0n) is 16.8. The molecule has 8 heteroatoms. The molecule has 3 aromatic rings. The molecule has 1 aromatic carbocycles. The third kappa shape index (κ3) is 2.77. The van der Waals surface area contributed by atoms with Crippen molar-refractivity contribution in [2.24, 2.45) is 11.8 Å². The number of halogens is 1. The van der Waals surface area contributed by atoms with Crippen LogP contribution >= 0.6 is 0 Å². The molecule has 2 aromatic heterocycles. The molecule has 3 fully saturated rings. The van der Waals surface area contributed by atoms with Crippen molar-refractivity contribution in [2.75, 3.05) is 24.5 Å².